The van der Waals surface area contributed by atoms with Gasteiger partial charge in [-0.05, 0) is 35.7 Å². The normalized spacial score (nSPS) is 14.4. The Kier molecular flexibility index (Phi) is 3.47. The molecule has 1 aliphatic heterocycles. The van der Waals surface area contributed by atoms with Crippen LogP contribution in [-0.2, 0) is 6.54 Å². The summed E-state index contributed by atoms with van der Waals surface area (Å²) in [5.74, 6) is 0. The molecular formula is C14H16N4OS. The molecule has 0 saturated carbocycles. The second kappa shape index (κ2) is 5.42. The van der Waals surface area contributed by atoms with Crippen molar-refractivity contribution < 1.29 is 4.79 Å². The van der Waals surface area contributed by atoms with E-state index in [0.717, 1.165) is 28.5 Å². The number of carbonyl (C=O) groups excluding carboxylic acids is 1. The first kappa shape index (κ1) is 12.8. The van der Waals surface area contributed by atoms with E-state index >= 15 is 0 Å². The third-order valence-corrected chi connectivity index (χ3v) is 4.21. The van der Waals surface area contributed by atoms with Gasteiger partial charge < -0.3 is 16.4 Å². The summed E-state index contributed by atoms with van der Waals surface area (Å²) in [5, 5.41) is 8.11. The molecule has 20 heavy (non-hydrogen) atoms. The van der Waals surface area contributed by atoms with Gasteiger partial charge in [0.25, 0.3) is 0 Å². The minimum atomic E-state index is -0.0305. The molecule has 0 radical (unpaired) electrons. The molecule has 1 fully saturated rings. The van der Waals surface area contributed by atoms with Gasteiger partial charge in [0.15, 0.2) is 0 Å². The Morgan fingerprint density at radius 1 is 1.30 bits per heavy atom. The van der Waals surface area contributed by atoms with Gasteiger partial charge in [-0.25, -0.2) is 4.79 Å². The monoisotopic (exact) mass is 288 g/mol. The highest BCUT2D eigenvalue weighted by Crippen LogP contribution is 2.22. The molecule has 0 unspecified atom stereocenters. The second-order valence-electron chi connectivity index (χ2n) is 4.58. The maximum absolute atomic E-state index is 11.6. The minimum Gasteiger partial charge on any atom is -0.398 e. The van der Waals surface area contributed by atoms with Crippen LogP contribution in [0, 0.1) is 0 Å². The molecule has 1 aliphatic rings. The van der Waals surface area contributed by atoms with Crippen molar-refractivity contribution in [2.45, 2.75) is 6.54 Å². The summed E-state index contributed by atoms with van der Waals surface area (Å²) in [4.78, 5) is 14.4. The Balaban J connectivity index is 1.64. The third-order valence-electron chi connectivity index (χ3n) is 3.27. The van der Waals surface area contributed by atoms with Gasteiger partial charge in [-0.2, -0.15) is 0 Å². The molecular weight excluding hydrogens is 272 g/mol. The molecule has 104 valence electrons. The first-order valence-electron chi connectivity index (χ1n) is 6.45. The van der Waals surface area contributed by atoms with Crippen molar-refractivity contribution in [3.8, 4) is 0 Å². The van der Waals surface area contributed by atoms with Crippen molar-refractivity contribution in [1.29, 1.82) is 0 Å². The maximum atomic E-state index is 11.6. The number of amides is 2. The summed E-state index contributed by atoms with van der Waals surface area (Å²) in [7, 11) is 0. The van der Waals surface area contributed by atoms with Crippen LogP contribution >= 0.6 is 11.3 Å². The largest absolute Gasteiger partial charge is 0.398 e. The van der Waals surface area contributed by atoms with Crippen molar-refractivity contribution in [2.75, 3.05) is 29.0 Å². The van der Waals surface area contributed by atoms with Gasteiger partial charge in [-0.15, -0.1) is 11.3 Å². The number of carbonyl (C=O) groups is 1. The molecule has 0 spiro atoms. The lowest BCUT2D eigenvalue weighted by molar-refractivity contribution is 0.252. The summed E-state index contributed by atoms with van der Waals surface area (Å²) in [6, 6.07) is 9.74. The molecule has 6 heteroatoms. The van der Waals surface area contributed by atoms with E-state index in [1.54, 1.807) is 16.2 Å². The van der Waals surface area contributed by atoms with E-state index in [4.69, 9.17) is 5.73 Å². The number of nitrogen functional groups attached to an aromatic ring is 1. The van der Waals surface area contributed by atoms with Crippen molar-refractivity contribution in [3.63, 3.8) is 0 Å². The predicted octanol–water partition coefficient (Wildman–Crippen LogP) is 2.47. The van der Waals surface area contributed by atoms with E-state index in [-0.39, 0.29) is 6.03 Å². The van der Waals surface area contributed by atoms with Gasteiger partial charge in [0.1, 0.15) is 0 Å². The molecule has 1 saturated heterocycles. The molecule has 5 nitrogen and oxygen atoms in total. The number of hydrogen-bond acceptors (Lipinski definition) is 4. The Bertz CT molecular complexity index is 608. The molecule has 1 aromatic heterocycles. The van der Waals surface area contributed by atoms with Crippen LogP contribution in [0.2, 0.25) is 0 Å². The summed E-state index contributed by atoms with van der Waals surface area (Å²) >= 11 is 1.64. The molecule has 0 aliphatic carbocycles. The average Bonchev–Trinajstić information content (AvgIpc) is 3.06. The molecule has 4 N–H and O–H groups in total. The van der Waals surface area contributed by atoms with Crippen LogP contribution < -0.4 is 21.3 Å². The van der Waals surface area contributed by atoms with Crippen LogP contribution in [0.3, 0.4) is 0 Å². The van der Waals surface area contributed by atoms with Gasteiger partial charge in [0, 0.05) is 35.0 Å². The van der Waals surface area contributed by atoms with Crippen molar-refractivity contribution in [1.82, 2.24) is 5.32 Å². The highest BCUT2D eigenvalue weighted by molar-refractivity contribution is 7.10. The highest BCUT2D eigenvalue weighted by Gasteiger charge is 2.20. The number of thiophene rings is 1. The predicted molar refractivity (Wildman–Crippen MR) is 83.2 cm³/mol. The summed E-state index contributed by atoms with van der Waals surface area (Å²) in [6.07, 6.45) is 0. The third kappa shape index (κ3) is 2.55. The quantitative estimate of drug-likeness (QED) is 0.809. The SMILES string of the molecule is Nc1ccsc1CNc1ccc(N2CCNC2=O)cc1. The Morgan fingerprint density at radius 2 is 2.10 bits per heavy atom. The van der Waals surface area contributed by atoms with Crippen LogP contribution in [-0.4, -0.2) is 19.1 Å². The van der Waals surface area contributed by atoms with Gasteiger partial charge in [0.2, 0.25) is 0 Å². The topological polar surface area (TPSA) is 70.4 Å². The van der Waals surface area contributed by atoms with Crippen LogP contribution in [0.15, 0.2) is 35.7 Å². The van der Waals surface area contributed by atoms with Crippen LogP contribution in [0.1, 0.15) is 4.88 Å². The Hall–Kier alpha value is -2.21. The zero-order chi connectivity index (χ0) is 13.9. The molecule has 1 aromatic carbocycles. The average molecular weight is 288 g/mol. The van der Waals surface area contributed by atoms with Crippen molar-refractivity contribution in [3.05, 3.63) is 40.6 Å². The van der Waals surface area contributed by atoms with E-state index in [2.05, 4.69) is 10.6 Å². The number of urea groups is 1. The second-order valence-corrected chi connectivity index (χ2v) is 5.58. The summed E-state index contributed by atoms with van der Waals surface area (Å²) < 4.78 is 0. The van der Waals surface area contributed by atoms with Crippen molar-refractivity contribution in [2.24, 2.45) is 0 Å². The lowest BCUT2D eigenvalue weighted by atomic mass is 10.2. The number of benzene rings is 1. The lowest BCUT2D eigenvalue weighted by Gasteiger charge is -2.15. The summed E-state index contributed by atoms with van der Waals surface area (Å²) in [5.41, 5.74) is 8.61. The maximum Gasteiger partial charge on any atom is 0.321 e. The van der Waals surface area contributed by atoms with E-state index in [1.807, 2.05) is 35.7 Å². The number of nitrogens with zero attached hydrogens (tertiary/aromatic N) is 1. The van der Waals surface area contributed by atoms with Crippen LogP contribution in [0.25, 0.3) is 0 Å². The molecule has 2 heterocycles. The van der Waals surface area contributed by atoms with Gasteiger partial charge in [0.05, 0.1) is 6.54 Å². The number of nitrogens with one attached hydrogen (secondary N) is 2. The molecule has 3 rings (SSSR count). The van der Waals surface area contributed by atoms with Gasteiger partial charge in [-0.1, -0.05) is 0 Å². The summed E-state index contributed by atoms with van der Waals surface area (Å²) in [6.45, 7) is 2.14. The highest BCUT2D eigenvalue weighted by atomic mass is 32.1. The molecule has 2 amide bonds. The van der Waals surface area contributed by atoms with E-state index < -0.39 is 0 Å². The van der Waals surface area contributed by atoms with E-state index in [1.165, 1.54) is 0 Å². The number of hydrogen-bond donors (Lipinski definition) is 3. The van der Waals surface area contributed by atoms with Crippen LogP contribution in [0.4, 0.5) is 21.9 Å². The Morgan fingerprint density at radius 3 is 2.70 bits per heavy atom. The van der Waals surface area contributed by atoms with Gasteiger partial charge in [-0.3, -0.25) is 4.90 Å². The first-order valence-corrected chi connectivity index (χ1v) is 7.33. The molecule has 0 bridgehead atoms. The van der Waals surface area contributed by atoms with Crippen LogP contribution in [0.5, 0.6) is 0 Å². The Labute approximate surface area is 121 Å². The zero-order valence-corrected chi connectivity index (χ0v) is 11.7. The van der Waals surface area contributed by atoms with E-state index in [9.17, 15) is 4.79 Å². The van der Waals surface area contributed by atoms with E-state index in [0.29, 0.717) is 13.1 Å². The number of rotatable bonds is 4. The fourth-order valence-corrected chi connectivity index (χ4v) is 2.89. The fourth-order valence-electron chi connectivity index (χ4n) is 2.15. The zero-order valence-electron chi connectivity index (χ0n) is 10.9. The van der Waals surface area contributed by atoms with Crippen molar-refractivity contribution >= 4 is 34.4 Å². The lowest BCUT2D eigenvalue weighted by Crippen LogP contribution is -2.27. The molecule has 0 atom stereocenters. The molecule has 2 aromatic rings. The first-order chi connectivity index (χ1) is 9.74. The standard InChI is InChI=1S/C14H16N4OS/c15-12-5-8-20-13(12)9-17-10-1-3-11(4-2-10)18-7-6-16-14(18)19/h1-5,8,17H,6-7,9,15H2,(H,16,19). The van der Waals surface area contributed by atoms with Gasteiger partial charge >= 0.3 is 6.03 Å². The fraction of sp³-hybridized carbons (Fsp3) is 0.214. The number of nitrogens with two attached hydrogens (primary N) is 1. The minimum absolute atomic E-state index is 0.0305. The number of anilines is 3. The smallest absolute Gasteiger partial charge is 0.321 e.